The number of nitro groups is 1. The molecule has 1 amide bonds. The smallest absolute Gasteiger partial charge is 0.292 e. The van der Waals surface area contributed by atoms with E-state index >= 15 is 0 Å². The zero-order chi connectivity index (χ0) is 16.4. The highest BCUT2D eigenvalue weighted by molar-refractivity contribution is 6.31. The lowest BCUT2D eigenvalue weighted by molar-refractivity contribution is -0.383. The van der Waals surface area contributed by atoms with Gasteiger partial charge in [-0.15, -0.1) is 0 Å². The van der Waals surface area contributed by atoms with E-state index in [0.29, 0.717) is 16.4 Å². The summed E-state index contributed by atoms with van der Waals surface area (Å²) in [6.45, 7) is 5.16. The van der Waals surface area contributed by atoms with Gasteiger partial charge in [0, 0.05) is 6.07 Å². The summed E-state index contributed by atoms with van der Waals surface area (Å²) in [6, 6.07) is 5.33. The van der Waals surface area contributed by atoms with Gasteiger partial charge in [-0.25, -0.2) is 0 Å². The zero-order valence-electron chi connectivity index (χ0n) is 12.3. The molecule has 2 rings (SSSR count). The predicted octanol–water partition coefficient (Wildman–Crippen LogP) is 3.26. The van der Waals surface area contributed by atoms with Gasteiger partial charge in [-0.1, -0.05) is 23.7 Å². The van der Waals surface area contributed by atoms with E-state index in [4.69, 9.17) is 11.6 Å². The van der Waals surface area contributed by atoms with Gasteiger partial charge in [0.1, 0.15) is 11.7 Å². The van der Waals surface area contributed by atoms with Gasteiger partial charge in [0.25, 0.3) is 5.69 Å². The highest BCUT2D eigenvalue weighted by atomic mass is 35.5. The van der Waals surface area contributed by atoms with E-state index in [9.17, 15) is 14.9 Å². The molecule has 0 bridgehead atoms. The largest absolute Gasteiger partial charge is 0.319 e. The fraction of sp³-hybridized carbons (Fsp3) is 0.286. The van der Waals surface area contributed by atoms with Crippen LogP contribution in [0.25, 0.3) is 0 Å². The van der Waals surface area contributed by atoms with Crippen LogP contribution in [0.4, 0.5) is 11.4 Å². The summed E-state index contributed by atoms with van der Waals surface area (Å²) in [5.41, 5.74) is 1.29. The van der Waals surface area contributed by atoms with Crippen molar-refractivity contribution in [1.29, 1.82) is 0 Å². The topological polar surface area (TPSA) is 90.1 Å². The maximum Gasteiger partial charge on any atom is 0.292 e. The Bertz CT molecular complexity index is 742. The number of para-hydroxylation sites is 2. The molecule has 8 heteroatoms. The van der Waals surface area contributed by atoms with Gasteiger partial charge in [-0.3, -0.25) is 19.6 Å². The summed E-state index contributed by atoms with van der Waals surface area (Å²) in [4.78, 5) is 22.7. The number of aryl methyl sites for hydroxylation is 1. The Morgan fingerprint density at radius 3 is 2.59 bits per heavy atom. The van der Waals surface area contributed by atoms with Crippen LogP contribution in [0.3, 0.4) is 0 Å². The zero-order valence-corrected chi connectivity index (χ0v) is 13.1. The molecule has 116 valence electrons. The molecule has 0 aliphatic rings. The van der Waals surface area contributed by atoms with E-state index in [1.807, 2.05) is 0 Å². The molecule has 1 aromatic heterocycles. The second-order valence-corrected chi connectivity index (χ2v) is 5.25. The van der Waals surface area contributed by atoms with E-state index in [-0.39, 0.29) is 11.4 Å². The SMILES string of the molecule is Cc1nn(C(C)C(=O)Nc2ccccc2[N+](=O)[O-])c(C)c1Cl. The second-order valence-electron chi connectivity index (χ2n) is 4.87. The van der Waals surface area contributed by atoms with Gasteiger partial charge in [0.15, 0.2) is 0 Å². The van der Waals surface area contributed by atoms with Gasteiger partial charge in [0.2, 0.25) is 5.91 Å². The van der Waals surface area contributed by atoms with Crippen molar-refractivity contribution in [2.24, 2.45) is 0 Å². The van der Waals surface area contributed by atoms with Crippen molar-refractivity contribution in [2.75, 3.05) is 5.32 Å². The van der Waals surface area contributed by atoms with E-state index in [1.165, 1.54) is 22.9 Å². The predicted molar refractivity (Wildman–Crippen MR) is 83.1 cm³/mol. The molecule has 0 radical (unpaired) electrons. The molecule has 1 aromatic carbocycles. The van der Waals surface area contributed by atoms with Crippen molar-refractivity contribution in [1.82, 2.24) is 9.78 Å². The summed E-state index contributed by atoms with van der Waals surface area (Å²) in [5.74, 6) is -0.406. The summed E-state index contributed by atoms with van der Waals surface area (Å²) >= 11 is 6.07. The fourth-order valence-corrected chi connectivity index (χ4v) is 2.23. The number of anilines is 1. The molecule has 0 spiro atoms. The van der Waals surface area contributed by atoms with Crippen LogP contribution in [-0.2, 0) is 4.79 Å². The molecule has 1 unspecified atom stereocenters. The first-order valence-corrected chi connectivity index (χ1v) is 6.96. The van der Waals surface area contributed by atoms with Crippen molar-refractivity contribution in [2.45, 2.75) is 26.8 Å². The van der Waals surface area contributed by atoms with Gasteiger partial charge < -0.3 is 5.32 Å². The van der Waals surface area contributed by atoms with Crippen LogP contribution in [0.5, 0.6) is 0 Å². The van der Waals surface area contributed by atoms with Crippen LogP contribution >= 0.6 is 11.6 Å². The van der Waals surface area contributed by atoms with Crippen molar-refractivity contribution in [3.05, 3.63) is 50.8 Å². The van der Waals surface area contributed by atoms with Crippen molar-refractivity contribution < 1.29 is 9.72 Å². The minimum absolute atomic E-state index is 0.150. The molecule has 0 fully saturated rings. The second kappa shape index (κ2) is 6.15. The first-order valence-electron chi connectivity index (χ1n) is 6.58. The molecule has 0 saturated carbocycles. The Kier molecular flexibility index (Phi) is 4.46. The van der Waals surface area contributed by atoms with Crippen LogP contribution < -0.4 is 5.32 Å². The molecule has 1 atom stereocenters. The molecule has 0 saturated heterocycles. The lowest BCUT2D eigenvalue weighted by Gasteiger charge is -2.14. The Morgan fingerprint density at radius 1 is 1.41 bits per heavy atom. The normalized spacial score (nSPS) is 12.0. The first kappa shape index (κ1) is 16.0. The summed E-state index contributed by atoms with van der Waals surface area (Å²) in [5, 5.41) is 18.3. The average Bonchev–Trinajstić information content (AvgIpc) is 2.74. The average molecular weight is 323 g/mol. The number of halogens is 1. The van der Waals surface area contributed by atoms with Gasteiger partial charge in [-0.05, 0) is 26.8 Å². The minimum atomic E-state index is -0.647. The van der Waals surface area contributed by atoms with Crippen LogP contribution in [0.2, 0.25) is 5.02 Å². The van der Waals surface area contributed by atoms with E-state index in [1.54, 1.807) is 26.8 Å². The van der Waals surface area contributed by atoms with E-state index in [0.717, 1.165) is 0 Å². The number of carbonyl (C=O) groups excluding carboxylic acids is 1. The van der Waals surface area contributed by atoms with Gasteiger partial charge in [-0.2, -0.15) is 5.10 Å². The summed E-state index contributed by atoms with van der Waals surface area (Å²) in [7, 11) is 0. The van der Waals surface area contributed by atoms with Gasteiger partial charge in [0.05, 0.1) is 21.3 Å². The molecule has 1 N–H and O–H groups in total. The molecular weight excluding hydrogens is 308 g/mol. The van der Waals surface area contributed by atoms with Crippen LogP contribution in [-0.4, -0.2) is 20.6 Å². The first-order chi connectivity index (χ1) is 10.3. The third-order valence-electron chi connectivity index (χ3n) is 3.34. The molecule has 22 heavy (non-hydrogen) atoms. The fourth-order valence-electron chi connectivity index (χ4n) is 2.11. The van der Waals surface area contributed by atoms with Gasteiger partial charge >= 0.3 is 0 Å². The number of hydrogen-bond acceptors (Lipinski definition) is 4. The number of amides is 1. The van der Waals surface area contributed by atoms with Crippen molar-refractivity contribution in [3.63, 3.8) is 0 Å². The Labute approximate surface area is 132 Å². The lowest BCUT2D eigenvalue weighted by atomic mass is 10.2. The quantitative estimate of drug-likeness (QED) is 0.691. The summed E-state index contributed by atoms with van der Waals surface area (Å²) in [6.07, 6.45) is 0. The number of benzene rings is 1. The number of rotatable bonds is 4. The number of nitrogens with one attached hydrogen (secondary N) is 1. The minimum Gasteiger partial charge on any atom is -0.319 e. The highest BCUT2D eigenvalue weighted by Gasteiger charge is 2.23. The monoisotopic (exact) mass is 322 g/mol. The Morgan fingerprint density at radius 2 is 2.05 bits per heavy atom. The number of nitrogens with zero attached hydrogens (tertiary/aromatic N) is 3. The number of hydrogen-bond donors (Lipinski definition) is 1. The maximum absolute atomic E-state index is 12.3. The Balaban J connectivity index is 2.26. The Hall–Kier alpha value is -2.41. The number of nitro benzene ring substituents is 1. The lowest BCUT2D eigenvalue weighted by Crippen LogP contribution is -2.25. The number of carbonyl (C=O) groups is 1. The van der Waals surface area contributed by atoms with Crippen molar-refractivity contribution in [3.8, 4) is 0 Å². The summed E-state index contributed by atoms with van der Waals surface area (Å²) < 4.78 is 1.50. The van der Waals surface area contributed by atoms with Crippen LogP contribution in [0.15, 0.2) is 24.3 Å². The number of aromatic nitrogens is 2. The highest BCUT2D eigenvalue weighted by Crippen LogP contribution is 2.26. The molecule has 1 heterocycles. The van der Waals surface area contributed by atoms with E-state index < -0.39 is 16.9 Å². The molecule has 2 aromatic rings. The van der Waals surface area contributed by atoms with Crippen LogP contribution in [0.1, 0.15) is 24.4 Å². The maximum atomic E-state index is 12.3. The van der Waals surface area contributed by atoms with Crippen molar-refractivity contribution >= 4 is 28.9 Å². The molecular formula is C14H15ClN4O3. The third-order valence-corrected chi connectivity index (χ3v) is 3.89. The van der Waals surface area contributed by atoms with Crippen LogP contribution in [0, 0.1) is 24.0 Å². The molecule has 0 aliphatic carbocycles. The van der Waals surface area contributed by atoms with E-state index in [2.05, 4.69) is 10.4 Å². The third kappa shape index (κ3) is 2.94. The molecule has 7 nitrogen and oxygen atoms in total. The molecule has 0 aliphatic heterocycles. The standard InChI is InChI=1S/C14H15ClN4O3/c1-8-13(15)9(2)18(17-8)10(3)14(20)16-11-6-4-5-7-12(11)19(21)22/h4-7,10H,1-3H3,(H,16,20).